The maximum absolute atomic E-state index is 11.8. The van der Waals surface area contributed by atoms with Crippen LogP contribution >= 0.6 is 11.6 Å². The predicted molar refractivity (Wildman–Crippen MR) is 75.1 cm³/mol. The Morgan fingerprint density at radius 1 is 1.53 bits per heavy atom. The number of benzene rings is 1. The van der Waals surface area contributed by atoms with E-state index in [4.69, 9.17) is 21.6 Å². The van der Waals surface area contributed by atoms with E-state index in [1.807, 2.05) is 13.0 Å². The van der Waals surface area contributed by atoms with E-state index in [9.17, 15) is 4.79 Å². The highest BCUT2D eigenvalue weighted by Gasteiger charge is 2.19. The van der Waals surface area contributed by atoms with E-state index in [-0.39, 0.29) is 5.97 Å². The summed E-state index contributed by atoms with van der Waals surface area (Å²) in [5.74, 6) is -0.303. The average Bonchev–Trinajstić information content (AvgIpc) is 2.40. The largest absolute Gasteiger partial charge is 0.464 e. The molecular formula is C14H17ClN2O2. The Labute approximate surface area is 118 Å². The van der Waals surface area contributed by atoms with Gasteiger partial charge in [-0.15, -0.1) is 0 Å². The number of carbonyl (C=O) groups is 1. The standard InChI is InChI=1S/C14H17ClN2O2/c1-3-5-12(14(18)19-4-2)17-13-8-10(9-16)6-7-11(13)15/h6-8,12,17H,3-5H2,1-2H3. The minimum absolute atomic E-state index is 0.303. The highest BCUT2D eigenvalue weighted by molar-refractivity contribution is 6.33. The number of anilines is 1. The monoisotopic (exact) mass is 280 g/mol. The van der Waals surface area contributed by atoms with Crippen molar-refractivity contribution in [3.8, 4) is 6.07 Å². The van der Waals surface area contributed by atoms with Crippen LogP contribution in [0.25, 0.3) is 0 Å². The zero-order valence-corrected chi connectivity index (χ0v) is 11.8. The van der Waals surface area contributed by atoms with Crippen LogP contribution in [0, 0.1) is 11.3 Å². The summed E-state index contributed by atoms with van der Waals surface area (Å²) in [6.07, 6.45) is 1.48. The lowest BCUT2D eigenvalue weighted by Crippen LogP contribution is -2.31. The quantitative estimate of drug-likeness (QED) is 0.812. The zero-order valence-electron chi connectivity index (χ0n) is 11.1. The molecule has 0 aliphatic heterocycles. The normalized spacial score (nSPS) is 11.5. The molecule has 0 aliphatic carbocycles. The van der Waals surface area contributed by atoms with Gasteiger partial charge in [-0.25, -0.2) is 4.79 Å². The van der Waals surface area contributed by atoms with Crippen molar-refractivity contribution < 1.29 is 9.53 Å². The number of ether oxygens (including phenoxy) is 1. The fraction of sp³-hybridized carbons (Fsp3) is 0.429. The van der Waals surface area contributed by atoms with Gasteiger partial charge in [-0.2, -0.15) is 5.26 Å². The third kappa shape index (κ3) is 4.46. The number of esters is 1. The molecule has 19 heavy (non-hydrogen) atoms. The molecule has 0 aliphatic rings. The van der Waals surface area contributed by atoms with E-state index >= 15 is 0 Å². The number of halogens is 1. The molecule has 1 N–H and O–H groups in total. The first-order valence-corrected chi connectivity index (χ1v) is 6.63. The van der Waals surface area contributed by atoms with Crippen LogP contribution in [-0.2, 0) is 9.53 Å². The molecular weight excluding hydrogens is 264 g/mol. The molecule has 0 bridgehead atoms. The van der Waals surface area contributed by atoms with Crippen molar-refractivity contribution in [2.75, 3.05) is 11.9 Å². The van der Waals surface area contributed by atoms with E-state index in [2.05, 4.69) is 5.32 Å². The van der Waals surface area contributed by atoms with Crippen molar-refractivity contribution >= 4 is 23.3 Å². The highest BCUT2D eigenvalue weighted by Crippen LogP contribution is 2.24. The molecule has 0 saturated carbocycles. The molecule has 5 heteroatoms. The molecule has 0 spiro atoms. The van der Waals surface area contributed by atoms with Gasteiger partial charge in [-0.1, -0.05) is 24.9 Å². The number of nitriles is 1. The molecule has 1 aromatic rings. The minimum Gasteiger partial charge on any atom is -0.464 e. The molecule has 1 rings (SSSR count). The lowest BCUT2D eigenvalue weighted by Gasteiger charge is -2.18. The minimum atomic E-state index is -0.448. The second-order valence-corrected chi connectivity index (χ2v) is 4.45. The maximum atomic E-state index is 11.8. The first-order valence-electron chi connectivity index (χ1n) is 6.25. The number of nitrogens with zero attached hydrogens (tertiary/aromatic N) is 1. The Morgan fingerprint density at radius 3 is 2.84 bits per heavy atom. The maximum Gasteiger partial charge on any atom is 0.328 e. The SMILES string of the molecule is CCCC(Nc1cc(C#N)ccc1Cl)C(=O)OCC. The van der Waals surface area contributed by atoms with Gasteiger partial charge in [-0.05, 0) is 31.5 Å². The smallest absolute Gasteiger partial charge is 0.328 e. The third-order valence-corrected chi connectivity index (χ3v) is 2.90. The molecule has 1 atom stereocenters. The van der Waals surface area contributed by atoms with Crippen molar-refractivity contribution in [3.63, 3.8) is 0 Å². The molecule has 0 aromatic heterocycles. The molecule has 0 radical (unpaired) electrons. The van der Waals surface area contributed by atoms with Crippen LogP contribution in [0.3, 0.4) is 0 Å². The van der Waals surface area contributed by atoms with Gasteiger partial charge in [0.1, 0.15) is 6.04 Å². The number of hydrogen-bond donors (Lipinski definition) is 1. The van der Waals surface area contributed by atoms with Crippen molar-refractivity contribution in [3.05, 3.63) is 28.8 Å². The van der Waals surface area contributed by atoms with Crippen LogP contribution in [0.15, 0.2) is 18.2 Å². The first kappa shape index (κ1) is 15.3. The zero-order chi connectivity index (χ0) is 14.3. The summed E-state index contributed by atoms with van der Waals surface area (Å²) < 4.78 is 5.02. The van der Waals surface area contributed by atoms with E-state index in [0.717, 1.165) is 6.42 Å². The molecule has 0 fully saturated rings. The van der Waals surface area contributed by atoms with Crippen LogP contribution < -0.4 is 5.32 Å². The Hall–Kier alpha value is -1.73. The Kier molecular flexibility index (Phi) is 6.17. The fourth-order valence-electron chi connectivity index (χ4n) is 1.67. The fourth-order valence-corrected chi connectivity index (χ4v) is 1.85. The lowest BCUT2D eigenvalue weighted by molar-refractivity contribution is -0.144. The van der Waals surface area contributed by atoms with Gasteiger partial charge in [0.05, 0.1) is 28.9 Å². The topological polar surface area (TPSA) is 62.1 Å². The number of carbonyl (C=O) groups excluding carboxylic acids is 1. The van der Waals surface area contributed by atoms with E-state index in [0.29, 0.717) is 29.3 Å². The second-order valence-electron chi connectivity index (χ2n) is 4.04. The van der Waals surface area contributed by atoms with Crippen molar-refractivity contribution in [2.24, 2.45) is 0 Å². The van der Waals surface area contributed by atoms with Crippen LogP contribution in [0.2, 0.25) is 5.02 Å². The second kappa shape index (κ2) is 7.65. The van der Waals surface area contributed by atoms with Gasteiger partial charge < -0.3 is 10.1 Å². The summed E-state index contributed by atoms with van der Waals surface area (Å²) in [7, 11) is 0. The molecule has 1 unspecified atom stereocenters. The van der Waals surface area contributed by atoms with Gasteiger partial charge in [0.2, 0.25) is 0 Å². The molecule has 0 saturated heterocycles. The van der Waals surface area contributed by atoms with Gasteiger partial charge in [-0.3, -0.25) is 0 Å². The van der Waals surface area contributed by atoms with Crippen molar-refractivity contribution in [1.29, 1.82) is 5.26 Å². The Bertz CT molecular complexity index is 483. The number of hydrogen-bond acceptors (Lipinski definition) is 4. The van der Waals surface area contributed by atoms with Gasteiger partial charge in [0.25, 0.3) is 0 Å². The average molecular weight is 281 g/mol. The Morgan fingerprint density at radius 2 is 2.26 bits per heavy atom. The summed E-state index contributed by atoms with van der Waals surface area (Å²) >= 11 is 6.06. The summed E-state index contributed by atoms with van der Waals surface area (Å²) in [6, 6.07) is 6.49. The third-order valence-electron chi connectivity index (χ3n) is 2.57. The highest BCUT2D eigenvalue weighted by atomic mass is 35.5. The summed E-state index contributed by atoms with van der Waals surface area (Å²) in [5, 5.41) is 12.4. The van der Waals surface area contributed by atoms with Crippen LogP contribution in [0.1, 0.15) is 32.3 Å². The molecule has 102 valence electrons. The van der Waals surface area contributed by atoms with Crippen LogP contribution in [0.4, 0.5) is 5.69 Å². The Balaban J connectivity index is 2.90. The molecule has 4 nitrogen and oxygen atoms in total. The van der Waals surface area contributed by atoms with E-state index < -0.39 is 6.04 Å². The van der Waals surface area contributed by atoms with Gasteiger partial charge >= 0.3 is 5.97 Å². The van der Waals surface area contributed by atoms with E-state index in [1.165, 1.54) is 0 Å². The van der Waals surface area contributed by atoms with Crippen molar-refractivity contribution in [1.82, 2.24) is 0 Å². The van der Waals surface area contributed by atoms with Crippen LogP contribution in [0.5, 0.6) is 0 Å². The van der Waals surface area contributed by atoms with Gasteiger partial charge in [0.15, 0.2) is 0 Å². The summed E-state index contributed by atoms with van der Waals surface area (Å²) in [6.45, 7) is 4.10. The lowest BCUT2D eigenvalue weighted by atomic mass is 10.1. The van der Waals surface area contributed by atoms with Crippen LogP contribution in [-0.4, -0.2) is 18.6 Å². The molecule has 0 heterocycles. The van der Waals surface area contributed by atoms with Crippen molar-refractivity contribution in [2.45, 2.75) is 32.7 Å². The van der Waals surface area contributed by atoms with E-state index in [1.54, 1.807) is 25.1 Å². The molecule has 1 aromatic carbocycles. The predicted octanol–water partition coefficient (Wildman–Crippen LogP) is 3.36. The molecule has 0 amide bonds. The number of nitrogens with one attached hydrogen (secondary N) is 1. The summed E-state index contributed by atoms with van der Waals surface area (Å²) in [4.78, 5) is 11.8. The number of rotatable bonds is 6. The summed E-state index contributed by atoms with van der Waals surface area (Å²) in [5.41, 5.74) is 1.07. The first-order chi connectivity index (χ1) is 9.12. The van der Waals surface area contributed by atoms with Gasteiger partial charge in [0, 0.05) is 0 Å².